The van der Waals surface area contributed by atoms with E-state index in [1.807, 2.05) is 6.08 Å². The summed E-state index contributed by atoms with van der Waals surface area (Å²) in [6.45, 7) is 10.6. The SMILES string of the molecule is [CH2-]C(C)[C@@H]1[C@@H](C=C(Cl)Cl)C1(C)C. The van der Waals surface area contributed by atoms with Gasteiger partial charge in [-0.05, 0) is 11.3 Å². The van der Waals surface area contributed by atoms with Crippen molar-refractivity contribution in [2.45, 2.75) is 20.8 Å². The topological polar surface area (TPSA) is 0 Å². The molecule has 1 rings (SSSR count). The molecule has 1 saturated carbocycles. The third-order valence-corrected chi connectivity index (χ3v) is 3.17. The van der Waals surface area contributed by atoms with Gasteiger partial charge in [0, 0.05) is 0 Å². The fourth-order valence-electron chi connectivity index (χ4n) is 2.26. The molecule has 70 valence electrons. The van der Waals surface area contributed by atoms with E-state index in [0.717, 1.165) is 0 Å². The van der Waals surface area contributed by atoms with Crippen molar-refractivity contribution >= 4 is 23.2 Å². The molecule has 0 nitrogen and oxygen atoms in total. The molecule has 2 heteroatoms. The van der Waals surface area contributed by atoms with Gasteiger partial charge in [-0.3, -0.25) is 0 Å². The summed E-state index contributed by atoms with van der Waals surface area (Å²) in [5, 5.41) is 0. The van der Waals surface area contributed by atoms with Crippen LogP contribution in [0.2, 0.25) is 0 Å². The van der Waals surface area contributed by atoms with E-state index in [2.05, 4.69) is 27.7 Å². The molecule has 3 atom stereocenters. The van der Waals surface area contributed by atoms with Crippen molar-refractivity contribution in [1.29, 1.82) is 0 Å². The van der Waals surface area contributed by atoms with Gasteiger partial charge in [0.05, 0.1) is 0 Å². The van der Waals surface area contributed by atoms with E-state index >= 15 is 0 Å². The largest absolute Gasteiger partial charge is 0.340 e. The van der Waals surface area contributed by atoms with E-state index in [1.165, 1.54) is 0 Å². The van der Waals surface area contributed by atoms with Crippen LogP contribution in [0, 0.1) is 30.1 Å². The van der Waals surface area contributed by atoms with Crippen LogP contribution in [0.25, 0.3) is 0 Å². The zero-order valence-electron chi connectivity index (χ0n) is 7.77. The van der Waals surface area contributed by atoms with Gasteiger partial charge in [-0.1, -0.05) is 56.0 Å². The molecule has 0 spiro atoms. The van der Waals surface area contributed by atoms with Crippen LogP contribution in [0.3, 0.4) is 0 Å². The molecule has 1 aliphatic carbocycles. The van der Waals surface area contributed by atoms with Gasteiger partial charge >= 0.3 is 0 Å². The minimum Gasteiger partial charge on any atom is -0.340 e. The molecule has 0 aliphatic heterocycles. The Morgan fingerprint density at radius 1 is 1.50 bits per heavy atom. The van der Waals surface area contributed by atoms with Crippen LogP contribution in [-0.4, -0.2) is 0 Å². The summed E-state index contributed by atoms with van der Waals surface area (Å²) in [6.07, 6.45) is 1.94. The Bertz CT molecular complexity index is 200. The Balaban J connectivity index is 2.67. The van der Waals surface area contributed by atoms with Crippen LogP contribution < -0.4 is 0 Å². The first-order valence-corrected chi connectivity index (χ1v) is 4.99. The third-order valence-electron chi connectivity index (χ3n) is 2.91. The lowest BCUT2D eigenvalue weighted by atomic mass is 10.0. The van der Waals surface area contributed by atoms with Crippen LogP contribution in [0.5, 0.6) is 0 Å². The van der Waals surface area contributed by atoms with E-state index < -0.39 is 0 Å². The van der Waals surface area contributed by atoms with Gasteiger partial charge in [0.2, 0.25) is 0 Å². The Hall–Kier alpha value is 0.320. The van der Waals surface area contributed by atoms with Gasteiger partial charge in [0.15, 0.2) is 0 Å². The zero-order valence-corrected chi connectivity index (χ0v) is 9.28. The monoisotopic (exact) mass is 205 g/mol. The third kappa shape index (κ3) is 1.80. The fraction of sp³-hybridized carbons (Fsp3) is 0.700. The predicted octanol–water partition coefficient (Wildman–Crippen LogP) is 4.05. The number of halogens is 2. The summed E-state index contributed by atoms with van der Waals surface area (Å²) in [5.41, 5.74) is 0.330. The highest BCUT2D eigenvalue weighted by Gasteiger charge is 2.55. The molecule has 0 radical (unpaired) electrons. The quantitative estimate of drug-likeness (QED) is 0.598. The molecule has 0 amide bonds. The van der Waals surface area contributed by atoms with E-state index in [4.69, 9.17) is 23.2 Å². The van der Waals surface area contributed by atoms with Crippen molar-refractivity contribution in [1.82, 2.24) is 0 Å². The van der Waals surface area contributed by atoms with Gasteiger partial charge in [-0.2, -0.15) is 5.92 Å². The molecule has 0 N–H and O–H groups in total. The van der Waals surface area contributed by atoms with E-state index in [0.29, 0.717) is 27.7 Å². The number of rotatable bonds is 2. The van der Waals surface area contributed by atoms with E-state index in [9.17, 15) is 0 Å². The summed E-state index contributed by atoms with van der Waals surface area (Å²) in [7, 11) is 0. The van der Waals surface area contributed by atoms with Gasteiger partial charge in [-0.25, -0.2) is 0 Å². The fourth-order valence-corrected chi connectivity index (χ4v) is 2.53. The summed E-state index contributed by atoms with van der Waals surface area (Å²) < 4.78 is 0.385. The van der Waals surface area contributed by atoms with E-state index in [1.54, 1.807) is 0 Å². The summed E-state index contributed by atoms with van der Waals surface area (Å²) in [5.74, 6) is 1.61. The summed E-state index contributed by atoms with van der Waals surface area (Å²) in [6, 6.07) is 0. The van der Waals surface area contributed by atoms with Crippen LogP contribution >= 0.6 is 23.2 Å². The van der Waals surface area contributed by atoms with Gasteiger partial charge in [0.1, 0.15) is 4.49 Å². The smallest absolute Gasteiger partial charge is 0.103 e. The first-order valence-electron chi connectivity index (χ1n) is 4.23. The highest BCUT2D eigenvalue weighted by molar-refractivity contribution is 6.55. The summed E-state index contributed by atoms with van der Waals surface area (Å²) in [4.78, 5) is 0. The Morgan fingerprint density at radius 3 is 2.25 bits per heavy atom. The lowest BCUT2D eigenvalue weighted by molar-refractivity contribution is 0.482. The summed E-state index contributed by atoms with van der Waals surface area (Å²) >= 11 is 11.2. The molecule has 0 aromatic carbocycles. The second-order valence-corrected chi connectivity index (χ2v) is 5.31. The molecular formula is C10H15Cl2-. The average Bonchev–Trinajstić information content (AvgIpc) is 2.32. The van der Waals surface area contributed by atoms with Gasteiger partial charge in [-0.15, -0.1) is 0 Å². The maximum absolute atomic E-state index is 5.62. The Labute approximate surface area is 84.9 Å². The van der Waals surface area contributed by atoms with Crippen LogP contribution in [0.1, 0.15) is 20.8 Å². The Kier molecular flexibility index (Phi) is 2.80. The van der Waals surface area contributed by atoms with E-state index in [-0.39, 0.29) is 0 Å². The van der Waals surface area contributed by atoms with Crippen LogP contribution in [-0.2, 0) is 0 Å². The van der Waals surface area contributed by atoms with Crippen LogP contribution in [0.15, 0.2) is 10.6 Å². The minimum atomic E-state index is 0.330. The molecule has 1 unspecified atom stereocenters. The maximum atomic E-state index is 5.62. The highest BCUT2D eigenvalue weighted by Crippen LogP contribution is 2.62. The van der Waals surface area contributed by atoms with Crippen molar-refractivity contribution in [3.05, 3.63) is 17.5 Å². The standard InChI is InChI=1S/C10H15Cl2/c1-6(2)9-7(5-8(11)12)10(9,3)4/h5-7,9H,1H2,2-4H3/q-1/t6?,7-,9-/m1/s1. The first kappa shape index (κ1) is 10.4. The van der Waals surface area contributed by atoms with Crippen LogP contribution in [0.4, 0.5) is 0 Å². The number of hydrogen-bond acceptors (Lipinski definition) is 0. The number of allylic oxidation sites excluding steroid dienone is 1. The molecular weight excluding hydrogens is 191 g/mol. The molecule has 0 bridgehead atoms. The zero-order chi connectivity index (χ0) is 9.52. The van der Waals surface area contributed by atoms with Gasteiger partial charge < -0.3 is 6.92 Å². The molecule has 12 heavy (non-hydrogen) atoms. The molecule has 0 saturated heterocycles. The molecule has 1 fully saturated rings. The first-order chi connectivity index (χ1) is 5.37. The molecule has 0 heterocycles. The molecule has 1 aliphatic rings. The highest BCUT2D eigenvalue weighted by atomic mass is 35.5. The Morgan fingerprint density at radius 2 is 2.00 bits per heavy atom. The van der Waals surface area contributed by atoms with Crippen molar-refractivity contribution in [2.75, 3.05) is 0 Å². The van der Waals surface area contributed by atoms with Crippen molar-refractivity contribution in [3.63, 3.8) is 0 Å². The second kappa shape index (κ2) is 3.23. The predicted molar refractivity (Wildman–Crippen MR) is 55.1 cm³/mol. The number of hydrogen-bond donors (Lipinski definition) is 0. The lowest BCUT2D eigenvalue weighted by Gasteiger charge is -2.11. The van der Waals surface area contributed by atoms with Crippen molar-refractivity contribution < 1.29 is 0 Å². The maximum Gasteiger partial charge on any atom is 0.103 e. The lowest BCUT2D eigenvalue weighted by Crippen LogP contribution is -1.97. The molecule has 0 aromatic heterocycles. The minimum absolute atomic E-state index is 0.330. The average molecular weight is 206 g/mol. The molecule has 0 aromatic rings. The van der Waals surface area contributed by atoms with Crippen molar-refractivity contribution in [2.24, 2.45) is 23.2 Å². The second-order valence-electron chi connectivity index (χ2n) is 4.31. The normalized spacial score (nSPS) is 34.2. The van der Waals surface area contributed by atoms with Crippen molar-refractivity contribution in [3.8, 4) is 0 Å². The van der Waals surface area contributed by atoms with Gasteiger partial charge in [0.25, 0.3) is 0 Å².